The van der Waals surface area contributed by atoms with Gasteiger partial charge in [0.15, 0.2) is 6.54 Å². The van der Waals surface area contributed by atoms with Crippen LogP contribution in [-0.4, -0.2) is 48.6 Å². The lowest BCUT2D eigenvalue weighted by molar-refractivity contribution is -0.897. The molecule has 0 spiro atoms. The molecule has 2 aliphatic rings. The Morgan fingerprint density at radius 2 is 1.69 bits per heavy atom. The Kier molecular flexibility index (Phi) is 7.40. The van der Waals surface area contributed by atoms with Crippen LogP contribution in [0.3, 0.4) is 0 Å². The summed E-state index contributed by atoms with van der Waals surface area (Å²) >= 11 is 0. The predicted octanol–water partition coefficient (Wildman–Crippen LogP) is 1.21. The van der Waals surface area contributed by atoms with E-state index in [0.717, 1.165) is 43.7 Å². The zero-order valence-corrected chi connectivity index (χ0v) is 16.6. The van der Waals surface area contributed by atoms with Gasteiger partial charge in [0.1, 0.15) is 0 Å². The maximum absolute atomic E-state index is 12.3. The molecule has 9 heteroatoms. The molecule has 4 N–H and O–H groups in total. The fraction of sp³-hybridized carbons (Fsp3) is 0.600. The third-order valence-electron chi connectivity index (χ3n) is 5.72. The minimum atomic E-state index is -0.483. The maximum atomic E-state index is 12.3. The number of likely N-dealkylation sites (tertiary alicyclic amines) is 1. The van der Waals surface area contributed by atoms with E-state index < -0.39 is 4.92 Å². The van der Waals surface area contributed by atoms with Gasteiger partial charge in [-0.1, -0.05) is 25.3 Å². The standard InChI is InChI=1S/C20H29N5O4/c26-19(21-17-7-4-8-18(13-17)25(28)29)14-24-11-9-16(10-12-24)23-20(27)22-15-5-2-1-3-6-15/h4,7-8,13,15-16H,1-3,5-6,9-12,14H2,(H,21,26)(H2,22,23,27)/p+1. The lowest BCUT2D eigenvalue weighted by Gasteiger charge is -2.30. The molecule has 0 bridgehead atoms. The smallest absolute Gasteiger partial charge is 0.315 e. The highest BCUT2D eigenvalue weighted by molar-refractivity contribution is 5.91. The summed E-state index contributed by atoms with van der Waals surface area (Å²) in [6, 6.07) is 6.30. The van der Waals surface area contributed by atoms with Gasteiger partial charge in [-0.2, -0.15) is 0 Å². The number of carbonyl (C=O) groups is 2. The lowest BCUT2D eigenvalue weighted by atomic mass is 9.96. The lowest BCUT2D eigenvalue weighted by Crippen LogP contribution is -3.14. The normalized spacial score (nSPS) is 22.5. The summed E-state index contributed by atoms with van der Waals surface area (Å²) in [6.45, 7) is 1.91. The van der Waals surface area contributed by atoms with E-state index >= 15 is 0 Å². The minimum Gasteiger partial charge on any atom is -0.335 e. The molecule has 1 aromatic carbocycles. The molecule has 3 rings (SSSR count). The van der Waals surface area contributed by atoms with Crippen molar-refractivity contribution in [1.29, 1.82) is 0 Å². The number of anilines is 1. The van der Waals surface area contributed by atoms with E-state index in [2.05, 4.69) is 16.0 Å². The summed E-state index contributed by atoms with van der Waals surface area (Å²) in [4.78, 5) is 35.9. The van der Waals surface area contributed by atoms with Crippen molar-refractivity contribution in [3.8, 4) is 0 Å². The first-order valence-corrected chi connectivity index (χ1v) is 10.4. The highest BCUT2D eigenvalue weighted by Gasteiger charge is 2.26. The number of carbonyl (C=O) groups excluding carboxylic acids is 2. The highest BCUT2D eigenvalue weighted by atomic mass is 16.6. The number of hydrogen-bond acceptors (Lipinski definition) is 4. The Bertz CT molecular complexity index is 727. The first-order valence-electron chi connectivity index (χ1n) is 10.4. The van der Waals surface area contributed by atoms with Crippen LogP contribution < -0.4 is 20.9 Å². The van der Waals surface area contributed by atoms with E-state index in [9.17, 15) is 19.7 Å². The molecule has 1 aliphatic carbocycles. The number of nitro groups is 1. The average Bonchev–Trinajstić information content (AvgIpc) is 2.70. The van der Waals surface area contributed by atoms with E-state index in [1.54, 1.807) is 12.1 Å². The molecule has 0 atom stereocenters. The van der Waals surface area contributed by atoms with E-state index in [4.69, 9.17) is 0 Å². The number of nitrogens with one attached hydrogen (secondary N) is 4. The van der Waals surface area contributed by atoms with Crippen molar-refractivity contribution in [2.75, 3.05) is 25.0 Å². The Hall–Kier alpha value is -2.68. The molecule has 9 nitrogen and oxygen atoms in total. The van der Waals surface area contributed by atoms with Gasteiger partial charge in [-0.05, 0) is 18.9 Å². The molecule has 0 unspecified atom stereocenters. The Morgan fingerprint density at radius 1 is 1.03 bits per heavy atom. The number of quaternary nitrogens is 1. The van der Waals surface area contributed by atoms with Crippen LogP contribution in [-0.2, 0) is 4.79 Å². The van der Waals surface area contributed by atoms with Gasteiger partial charge in [0.2, 0.25) is 0 Å². The molecule has 3 amide bonds. The van der Waals surface area contributed by atoms with Crippen LogP contribution in [0, 0.1) is 10.1 Å². The molecule has 1 aliphatic heterocycles. The first kappa shape index (κ1) is 21.0. The molecule has 1 saturated carbocycles. The third kappa shape index (κ3) is 6.70. The summed E-state index contributed by atoms with van der Waals surface area (Å²) in [5.74, 6) is -0.165. The van der Waals surface area contributed by atoms with Gasteiger partial charge in [-0.3, -0.25) is 14.9 Å². The predicted molar refractivity (Wildman–Crippen MR) is 109 cm³/mol. The summed E-state index contributed by atoms with van der Waals surface area (Å²) in [6.07, 6.45) is 7.42. The van der Waals surface area contributed by atoms with Gasteiger partial charge >= 0.3 is 6.03 Å². The highest BCUT2D eigenvalue weighted by Crippen LogP contribution is 2.18. The topological polar surface area (TPSA) is 118 Å². The number of rotatable bonds is 6. The maximum Gasteiger partial charge on any atom is 0.315 e. The number of nitro benzene ring substituents is 1. The van der Waals surface area contributed by atoms with Gasteiger partial charge in [0, 0.05) is 42.7 Å². The van der Waals surface area contributed by atoms with E-state index in [1.807, 2.05) is 0 Å². The second-order valence-corrected chi connectivity index (χ2v) is 8.01. The number of hydrogen-bond donors (Lipinski definition) is 4. The Labute approximate surface area is 170 Å². The SMILES string of the molecule is O=C(C[NH+]1CCC(NC(=O)NC2CCCCC2)CC1)Nc1cccc([N+](=O)[O-])c1. The monoisotopic (exact) mass is 404 g/mol. The molecule has 1 saturated heterocycles. The Balaban J connectivity index is 1.37. The number of piperidine rings is 1. The van der Waals surface area contributed by atoms with E-state index in [0.29, 0.717) is 18.3 Å². The number of amides is 3. The van der Waals surface area contributed by atoms with E-state index in [1.165, 1.54) is 31.4 Å². The van der Waals surface area contributed by atoms with Crippen molar-refractivity contribution in [3.63, 3.8) is 0 Å². The molecular formula is C20H30N5O4+. The number of non-ortho nitro benzene ring substituents is 1. The number of nitrogens with zero attached hydrogens (tertiary/aromatic N) is 1. The van der Waals surface area contributed by atoms with Crippen LogP contribution in [0.2, 0.25) is 0 Å². The summed E-state index contributed by atoms with van der Waals surface area (Å²) in [7, 11) is 0. The molecular weight excluding hydrogens is 374 g/mol. The van der Waals surface area contributed by atoms with Crippen molar-refractivity contribution in [1.82, 2.24) is 10.6 Å². The van der Waals surface area contributed by atoms with Crippen LogP contribution in [0.1, 0.15) is 44.9 Å². The molecule has 1 aromatic rings. The van der Waals surface area contributed by atoms with Crippen LogP contribution in [0.5, 0.6) is 0 Å². The molecule has 29 heavy (non-hydrogen) atoms. The summed E-state index contributed by atoms with van der Waals surface area (Å²) in [5, 5.41) is 19.7. The van der Waals surface area contributed by atoms with Gasteiger partial charge in [0.05, 0.1) is 18.0 Å². The quantitative estimate of drug-likeness (QED) is 0.421. The number of benzene rings is 1. The van der Waals surface area contributed by atoms with Crippen molar-refractivity contribution in [2.24, 2.45) is 0 Å². The third-order valence-corrected chi connectivity index (χ3v) is 5.72. The number of urea groups is 1. The largest absolute Gasteiger partial charge is 0.335 e. The molecule has 0 aromatic heterocycles. The molecule has 0 radical (unpaired) electrons. The van der Waals surface area contributed by atoms with Crippen molar-refractivity contribution in [3.05, 3.63) is 34.4 Å². The fourth-order valence-electron chi connectivity index (χ4n) is 4.14. The van der Waals surface area contributed by atoms with Gasteiger partial charge in [-0.15, -0.1) is 0 Å². The van der Waals surface area contributed by atoms with Gasteiger partial charge in [-0.25, -0.2) is 4.79 Å². The Morgan fingerprint density at radius 3 is 2.34 bits per heavy atom. The van der Waals surface area contributed by atoms with Gasteiger partial charge < -0.3 is 20.9 Å². The molecule has 1 heterocycles. The average molecular weight is 404 g/mol. The summed E-state index contributed by atoms with van der Waals surface area (Å²) < 4.78 is 0. The second kappa shape index (κ2) is 10.2. The van der Waals surface area contributed by atoms with Crippen LogP contribution in [0.4, 0.5) is 16.2 Å². The zero-order valence-electron chi connectivity index (χ0n) is 16.6. The van der Waals surface area contributed by atoms with Gasteiger partial charge in [0.25, 0.3) is 11.6 Å². The fourth-order valence-corrected chi connectivity index (χ4v) is 4.14. The summed E-state index contributed by atoms with van der Waals surface area (Å²) in [5.41, 5.74) is 0.382. The second-order valence-electron chi connectivity index (χ2n) is 8.01. The zero-order chi connectivity index (χ0) is 20.6. The molecule has 2 fully saturated rings. The van der Waals surface area contributed by atoms with E-state index in [-0.39, 0.29) is 23.7 Å². The van der Waals surface area contributed by atoms with Crippen LogP contribution in [0.25, 0.3) is 0 Å². The minimum absolute atomic E-state index is 0.0476. The van der Waals surface area contributed by atoms with Crippen molar-refractivity contribution in [2.45, 2.75) is 57.0 Å². The first-order chi connectivity index (χ1) is 14.0. The van der Waals surface area contributed by atoms with Crippen molar-refractivity contribution < 1.29 is 19.4 Å². The van der Waals surface area contributed by atoms with Crippen LogP contribution in [0.15, 0.2) is 24.3 Å². The molecule has 158 valence electrons. The van der Waals surface area contributed by atoms with Crippen molar-refractivity contribution >= 4 is 23.3 Å². The van der Waals surface area contributed by atoms with Crippen LogP contribution >= 0.6 is 0 Å².